The summed E-state index contributed by atoms with van der Waals surface area (Å²) >= 11 is 3.93. The normalized spacial score (nSPS) is 20.1. The average molecular weight is 135 g/mol. The summed E-state index contributed by atoms with van der Waals surface area (Å²) in [5.41, 5.74) is 0. The molecule has 1 rings (SSSR count). The Labute approximate surface area is 53.2 Å². The van der Waals surface area contributed by atoms with Crippen molar-refractivity contribution in [2.45, 2.75) is 12.8 Å². The lowest BCUT2D eigenvalue weighted by atomic mass is 10.4. The zero-order valence-electron chi connectivity index (χ0n) is 4.05. The zero-order valence-corrected chi connectivity index (χ0v) is 5.77. The van der Waals surface area contributed by atoms with Gasteiger partial charge in [-0.25, -0.2) is 0 Å². The van der Waals surface area contributed by atoms with Gasteiger partial charge in [0.05, 0.1) is 0 Å². The largest absolute Gasteiger partial charge is 0.255 e. The second-order valence-electron chi connectivity index (χ2n) is 1.88. The third-order valence-corrected chi connectivity index (χ3v) is 1.82. The summed E-state index contributed by atoms with van der Waals surface area (Å²) in [6, 6.07) is 0. The molecule has 0 amide bonds. The maximum Gasteiger partial charge on any atom is 0.00946 e. The Hall–Kier alpha value is 0.660. The van der Waals surface area contributed by atoms with Crippen LogP contribution in [0.25, 0.3) is 0 Å². The Balaban J connectivity index is 1.80. The van der Waals surface area contributed by atoms with E-state index in [9.17, 15) is 0 Å². The molecule has 1 fully saturated rings. The third kappa shape index (κ3) is 2.46. The summed E-state index contributed by atoms with van der Waals surface area (Å²) in [4.78, 5) is 0. The van der Waals surface area contributed by atoms with E-state index in [0.717, 1.165) is 12.5 Å². The van der Waals surface area contributed by atoms with E-state index in [2.05, 4.69) is 16.4 Å². The molecule has 0 spiro atoms. The summed E-state index contributed by atoms with van der Waals surface area (Å²) in [6.45, 7) is 1.15. The number of thiol groups is 1. The first-order valence-electron chi connectivity index (χ1n) is 2.46. The predicted molar refractivity (Wildman–Crippen MR) is 37.3 cm³/mol. The topological polar surface area (TPSA) is 12.0 Å². The maximum atomic E-state index is 3.93. The van der Waals surface area contributed by atoms with E-state index in [1.54, 1.807) is 0 Å². The number of rotatable bonds is 3. The molecule has 1 saturated carbocycles. The molecule has 42 valence electrons. The molecule has 0 radical (unpaired) electrons. The van der Waals surface area contributed by atoms with Crippen LogP contribution >= 0.6 is 22.6 Å². The minimum absolute atomic E-state index is 0.972. The van der Waals surface area contributed by atoms with Gasteiger partial charge in [-0.2, -0.15) is 0 Å². The second-order valence-corrected chi connectivity index (χ2v) is 2.90. The van der Waals surface area contributed by atoms with Crippen LogP contribution in [0.4, 0.5) is 0 Å². The molecule has 3 heteroatoms. The fourth-order valence-corrected chi connectivity index (χ4v) is 1.01. The Morgan fingerprint density at radius 2 is 2.43 bits per heavy atom. The van der Waals surface area contributed by atoms with Crippen molar-refractivity contribution in [1.82, 2.24) is 4.72 Å². The maximum absolute atomic E-state index is 3.93. The molecule has 0 aromatic heterocycles. The highest BCUT2D eigenvalue weighted by molar-refractivity contribution is 8.67. The van der Waals surface area contributed by atoms with Gasteiger partial charge in [0.15, 0.2) is 0 Å². The Kier molecular flexibility index (Phi) is 2.35. The van der Waals surface area contributed by atoms with Gasteiger partial charge in [0.25, 0.3) is 0 Å². The van der Waals surface area contributed by atoms with Gasteiger partial charge in [-0.3, -0.25) is 4.72 Å². The van der Waals surface area contributed by atoms with Gasteiger partial charge in [0.2, 0.25) is 0 Å². The van der Waals surface area contributed by atoms with Crippen molar-refractivity contribution in [2.24, 2.45) is 5.92 Å². The fraction of sp³-hybridized carbons (Fsp3) is 1.00. The van der Waals surface area contributed by atoms with Gasteiger partial charge < -0.3 is 0 Å². The van der Waals surface area contributed by atoms with Crippen molar-refractivity contribution in [3.63, 3.8) is 0 Å². The molecule has 0 unspecified atom stereocenters. The highest BCUT2D eigenvalue weighted by Gasteiger charge is 2.19. The molecule has 1 N–H and O–H groups in total. The molecule has 0 atom stereocenters. The van der Waals surface area contributed by atoms with Crippen LogP contribution in [0, 0.1) is 5.92 Å². The lowest BCUT2D eigenvalue weighted by Crippen LogP contribution is -2.03. The SMILES string of the molecule is SSNCC1CC1. The standard InChI is InChI=1S/C4H9NS2/c6-7-5-3-4-1-2-4/h4-6H,1-3H2. The van der Waals surface area contributed by atoms with E-state index in [4.69, 9.17) is 0 Å². The Morgan fingerprint density at radius 3 is 2.86 bits per heavy atom. The van der Waals surface area contributed by atoms with Gasteiger partial charge in [0, 0.05) is 6.54 Å². The van der Waals surface area contributed by atoms with E-state index in [0.29, 0.717) is 0 Å². The van der Waals surface area contributed by atoms with Crippen LogP contribution in [0.1, 0.15) is 12.8 Å². The smallest absolute Gasteiger partial charge is 0.00946 e. The Morgan fingerprint density at radius 1 is 1.71 bits per heavy atom. The number of nitrogens with one attached hydrogen (secondary N) is 1. The lowest BCUT2D eigenvalue weighted by molar-refractivity contribution is 0.805. The van der Waals surface area contributed by atoms with Gasteiger partial charge >= 0.3 is 0 Å². The van der Waals surface area contributed by atoms with Crippen molar-refractivity contribution >= 4 is 22.6 Å². The third-order valence-electron chi connectivity index (χ3n) is 1.13. The molecular weight excluding hydrogens is 126 g/mol. The molecule has 0 bridgehead atoms. The first-order valence-corrected chi connectivity index (χ1v) is 4.33. The van der Waals surface area contributed by atoms with Crippen LogP contribution in [0.5, 0.6) is 0 Å². The summed E-state index contributed by atoms with van der Waals surface area (Å²) in [7, 11) is 1.41. The molecule has 0 aromatic carbocycles. The van der Waals surface area contributed by atoms with Gasteiger partial charge in [-0.05, 0) is 29.7 Å². The van der Waals surface area contributed by atoms with Crippen LogP contribution < -0.4 is 4.72 Å². The molecule has 0 aliphatic heterocycles. The molecular formula is C4H9NS2. The summed E-state index contributed by atoms with van der Waals surface area (Å²) in [5, 5.41) is 0. The van der Waals surface area contributed by atoms with Gasteiger partial charge in [-0.1, -0.05) is 11.7 Å². The van der Waals surface area contributed by atoms with Crippen molar-refractivity contribution < 1.29 is 0 Å². The minimum atomic E-state index is 0.972. The Bertz CT molecular complexity index is 53.7. The molecule has 0 aromatic rings. The van der Waals surface area contributed by atoms with Crippen LogP contribution in [-0.4, -0.2) is 6.54 Å². The second kappa shape index (κ2) is 2.84. The van der Waals surface area contributed by atoms with Crippen LogP contribution in [0.3, 0.4) is 0 Å². The number of hydrogen-bond donors (Lipinski definition) is 2. The molecule has 1 aliphatic carbocycles. The lowest BCUT2D eigenvalue weighted by Gasteiger charge is -1.92. The number of hydrogen-bond acceptors (Lipinski definition) is 3. The fourth-order valence-electron chi connectivity index (χ4n) is 0.477. The first-order chi connectivity index (χ1) is 3.43. The summed E-state index contributed by atoms with van der Waals surface area (Å²) in [5.74, 6) is 0.972. The summed E-state index contributed by atoms with van der Waals surface area (Å²) < 4.78 is 3.09. The molecule has 1 aliphatic rings. The zero-order chi connectivity index (χ0) is 5.11. The quantitative estimate of drug-likeness (QED) is 0.345. The average Bonchev–Trinajstić information content (AvgIpc) is 2.42. The van der Waals surface area contributed by atoms with Crippen molar-refractivity contribution in [3.05, 3.63) is 0 Å². The monoisotopic (exact) mass is 135 g/mol. The van der Waals surface area contributed by atoms with Crippen molar-refractivity contribution in [1.29, 1.82) is 0 Å². The van der Waals surface area contributed by atoms with Crippen LogP contribution in [0.15, 0.2) is 0 Å². The van der Waals surface area contributed by atoms with E-state index in [-0.39, 0.29) is 0 Å². The predicted octanol–water partition coefficient (Wildman–Crippen LogP) is 1.48. The van der Waals surface area contributed by atoms with Gasteiger partial charge in [0.1, 0.15) is 0 Å². The van der Waals surface area contributed by atoms with E-state index in [1.165, 1.54) is 23.8 Å². The van der Waals surface area contributed by atoms with Crippen LogP contribution in [0.2, 0.25) is 0 Å². The van der Waals surface area contributed by atoms with Crippen molar-refractivity contribution in [3.8, 4) is 0 Å². The first kappa shape index (κ1) is 5.79. The van der Waals surface area contributed by atoms with Crippen LogP contribution in [-0.2, 0) is 0 Å². The molecule has 0 saturated heterocycles. The highest BCUT2D eigenvalue weighted by Crippen LogP contribution is 2.28. The van der Waals surface area contributed by atoms with E-state index < -0.39 is 0 Å². The van der Waals surface area contributed by atoms with E-state index in [1.807, 2.05) is 0 Å². The van der Waals surface area contributed by atoms with Crippen molar-refractivity contribution in [2.75, 3.05) is 6.54 Å². The summed E-state index contributed by atoms with van der Waals surface area (Å²) in [6.07, 6.45) is 2.84. The highest BCUT2D eigenvalue weighted by atomic mass is 33.1. The molecule has 7 heavy (non-hydrogen) atoms. The van der Waals surface area contributed by atoms with Gasteiger partial charge in [-0.15, -0.1) is 0 Å². The molecule has 0 heterocycles. The minimum Gasteiger partial charge on any atom is -0.255 e. The van der Waals surface area contributed by atoms with E-state index >= 15 is 0 Å². The molecule has 1 nitrogen and oxygen atoms in total.